The molecule has 0 spiro atoms. The molecule has 11 heavy (non-hydrogen) atoms. The summed E-state index contributed by atoms with van der Waals surface area (Å²) in [5, 5.41) is 11.6. The molecule has 0 unspecified atom stereocenters. The van der Waals surface area contributed by atoms with Gasteiger partial charge in [0.25, 0.3) is 0 Å². The third-order valence-electron chi connectivity index (χ3n) is 1.47. The summed E-state index contributed by atoms with van der Waals surface area (Å²) < 4.78 is 1.01. The van der Waals surface area contributed by atoms with Crippen molar-refractivity contribution in [2.24, 2.45) is 0 Å². The molecule has 3 nitrogen and oxygen atoms in total. The zero-order chi connectivity index (χ0) is 8.74. The van der Waals surface area contributed by atoms with Crippen molar-refractivity contribution < 1.29 is 9.59 Å². The van der Waals surface area contributed by atoms with Crippen LogP contribution in [0.2, 0.25) is 0 Å². The lowest BCUT2D eigenvalue weighted by Gasteiger charge is -2.23. The first kappa shape index (κ1) is 10.9. The molecule has 0 aliphatic rings. The molecule has 0 aromatic carbocycles. The summed E-state index contributed by atoms with van der Waals surface area (Å²) in [5.74, 6) is 0. The van der Waals surface area contributed by atoms with Crippen molar-refractivity contribution >= 4 is 0 Å². The number of nitrogens with one attached hydrogen (secondary N) is 1. The number of rotatable bonds is 6. The highest BCUT2D eigenvalue weighted by molar-refractivity contribution is 4.44. The standard InChI is InChI=1S/C8H21N2O/c1-10(2,3)7-4-5-9-6-8-11/h9,11H,4-8H2,1-3H3/q+1. The molecule has 3 heteroatoms. The largest absolute Gasteiger partial charge is 0.395 e. The van der Waals surface area contributed by atoms with Gasteiger partial charge in [-0.25, -0.2) is 0 Å². The predicted octanol–water partition coefficient (Wildman–Crippen LogP) is -0.335. The Labute approximate surface area is 69.6 Å². The van der Waals surface area contributed by atoms with E-state index in [1.807, 2.05) is 0 Å². The Morgan fingerprint density at radius 3 is 2.27 bits per heavy atom. The van der Waals surface area contributed by atoms with E-state index in [1.54, 1.807) is 0 Å². The van der Waals surface area contributed by atoms with Crippen molar-refractivity contribution in [2.45, 2.75) is 6.42 Å². The number of aliphatic hydroxyl groups excluding tert-OH is 1. The maximum Gasteiger partial charge on any atom is 0.0792 e. The molecule has 0 aromatic rings. The van der Waals surface area contributed by atoms with Gasteiger partial charge < -0.3 is 14.9 Å². The van der Waals surface area contributed by atoms with Crippen molar-refractivity contribution in [3.8, 4) is 0 Å². The van der Waals surface area contributed by atoms with Crippen molar-refractivity contribution in [3.05, 3.63) is 0 Å². The fourth-order valence-electron chi connectivity index (χ4n) is 0.882. The molecule has 0 saturated carbocycles. The Morgan fingerprint density at radius 2 is 1.82 bits per heavy atom. The summed E-state index contributed by atoms with van der Waals surface area (Å²) in [7, 11) is 6.56. The Hall–Kier alpha value is -0.120. The average molecular weight is 161 g/mol. The van der Waals surface area contributed by atoms with Crippen LogP contribution in [0, 0.1) is 0 Å². The maximum absolute atomic E-state index is 8.46. The van der Waals surface area contributed by atoms with Gasteiger partial charge in [-0.05, 0) is 0 Å². The van der Waals surface area contributed by atoms with E-state index >= 15 is 0 Å². The lowest BCUT2D eigenvalue weighted by Crippen LogP contribution is -2.37. The molecule has 0 fully saturated rings. The molecule has 2 N–H and O–H groups in total. The second-order valence-electron chi connectivity index (χ2n) is 3.84. The fraction of sp³-hybridized carbons (Fsp3) is 1.00. The highest BCUT2D eigenvalue weighted by atomic mass is 16.3. The minimum Gasteiger partial charge on any atom is -0.395 e. The van der Waals surface area contributed by atoms with E-state index in [4.69, 9.17) is 5.11 Å². The van der Waals surface area contributed by atoms with E-state index in [0.717, 1.165) is 17.6 Å². The summed E-state index contributed by atoms with van der Waals surface area (Å²) in [6, 6.07) is 0. The summed E-state index contributed by atoms with van der Waals surface area (Å²) in [5.41, 5.74) is 0. The van der Waals surface area contributed by atoms with E-state index in [2.05, 4.69) is 26.5 Å². The van der Waals surface area contributed by atoms with Crippen LogP contribution in [0.3, 0.4) is 0 Å². The Bertz CT molecular complexity index is 88.6. The molecule has 0 amide bonds. The highest BCUT2D eigenvalue weighted by Crippen LogP contribution is 1.91. The van der Waals surface area contributed by atoms with Gasteiger partial charge in [0, 0.05) is 19.5 Å². The van der Waals surface area contributed by atoms with Gasteiger partial charge in [-0.2, -0.15) is 0 Å². The summed E-state index contributed by atoms with van der Waals surface area (Å²) in [4.78, 5) is 0. The van der Waals surface area contributed by atoms with Crippen molar-refractivity contribution in [1.82, 2.24) is 5.32 Å². The lowest BCUT2D eigenvalue weighted by molar-refractivity contribution is -0.870. The average Bonchev–Trinajstić information content (AvgIpc) is 1.85. The van der Waals surface area contributed by atoms with Crippen LogP contribution >= 0.6 is 0 Å². The van der Waals surface area contributed by atoms with Crippen LogP contribution in [0.5, 0.6) is 0 Å². The molecule has 0 atom stereocenters. The maximum atomic E-state index is 8.46. The predicted molar refractivity (Wildman–Crippen MR) is 47.5 cm³/mol. The van der Waals surface area contributed by atoms with Crippen LogP contribution in [0.4, 0.5) is 0 Å². The van der Waals surface area contributed by atoms with Crippen LogP contribution in [-0.4, -0.2) is 57.0 Å². The SMILES string of the molecule is C[N+](C)(C)CCCNCCO. The van der Waals surface area contributed by atoms with Crippen LogP contribution in [-0.2, 0) is 0 Å². The molecule has 68 valence electrons. The molecular weight excluding hydrogens is 140 g/mol. The number of quaternary nitrogens is 1. The van der Waals surface area contributed by atoms with Gasteiger partial charge in [0.05, 0.1) is 34.3 Å². The van der Waals surface area contributed by atoms with E-state index in [-0.39, 0.29) is 6.61 Å². The van der Waals surface area contributed by atoms with Gasteiger partial charge in [-0.1, -0.05) is 0 Å². The molecule has 0 bridgehead atoms. The zero-order valence-electron chi connectivity index (χ0n) is 7.93. The molecule has 0 saturated heterocycles. The van der Waals surface area contributed by atoms with Gasteiger partial charge in [0.15, 0.2) is 0 Å². The molecule has 0 aliphatic carbocycles. The van der Waals surface area contributed by atoms with E-state index in [1.165, 1.54) is 13.0 Å². The summed E-state index contributed by atoms with van der Waals surface area (Å²) >= 11 is 0. The third kappa shape index (κ3) is 9.88. The normalized spacial score (nSPS) is 12.0. The minimum absolute atomic E-state index is 0.240. The second-order valence-corrected chi connectivity index (χ2v) is 3.84. The third-order valence-corrected chi connectivity index (χ3v) is 1.47. The second kappa shape index (κ2) is 5.52. The van der Waals surface area contributed by atoms with Crippen LogP contribution in [0.15, 0.2) is 0 Å². The zero-order valence-corrected chi connectivity index (χ0v) is 7.93. The van der Waals surface area contributed by atoms with Gasteiger partial charge in [-0.15, -0.1) is 0 Å². The first-order valence-electron chi connectivity index (χ1n) is 4.18. The Morgan fingerprint density at radius 1 is 1.18 bits per heavy atom. The lowest BCUT2D eigenvalue weighted by atomic mass is 10.3. The van der Waals surface area contributed by atoms with E-state index in [9.17, 15) is 0 Å². The molecule has 0 aliphatic heterocycles. The Kier molecular flexibility index (Phi) is 5.46. The van der Waals surface area contributed by atoms with Gasteiger partial charge >= 0.3 is 0 Å². The quantitative estimate of drug-likeness (QED) is 0.413. The smallest absolute Gasteiger partial charge is 0.0792 e. The van der Waals surface area contributed by atoms with Crippen molar-refractivity contribution in [1.29, 1.82) is 0 Å². The van der Waals surface area contributed by atoms with Gasteiger partial charge in [-0.3, -0.25) is 0 Å². The van der Waals surface area contributed by atoms with Crippen LogP contribution < -0.4 is 5.32 Å². The number of aliphatic hydroxyl groups is 1. The molecule has 0 heterocycles. The molecule has 0 rings (SSSR count). The number of nitrogens with zero attached hydrogens (tertiary/aromatic N) is 1. The van der Waals surface area contributed by atoms with Crippen molar-refractivity contribution in [3.63, 3.8) is 0 Å². The molecule has 0 radical (unpaired) electrons. The fourth-order valence-corrected chi connectivity index (χ4v) is 0.882. The first-order chi connectivity index (χ1) is 5.06. The number of hydrogen-bond acceptors (Lipinski definition) is 2. The minimum atomic E-state index is 0.240. The van der Waals surface area contributed by atoms with Gasteiger partial charge in [0.2, 0.25) is 0 Å². The van der Waals surface area contributed by atoms with Gasteiger partial charge in [0.1, 0.15) is 0 Å². The highest BCUT2D eigenvalue weighted by Gasteiger charge is 2.04. The topological polar surface area (TPSA) is 32.3 Å². The monoisotopic (exact) mass is 161 g/mol. The van der Waals surface area contributed by atoms with Crippen LogP contribution in [0.25, 0.3) is 0 Å². The summed E-state index contributed by atoms with van der Waals surface area (Å²) in [6.45, 7) is 3.15. The molecule has 0 aromatic heterocycles. The first-order valence-corrected chi connectivity index (χ1v) is 4.18. The van der Waals surface area contributed by atoms with Crippen molar-refractivity contribution in [2.75, 3.05) is 47.4 Å². The molecular formula is C8H21N2O+. The number of hydrogen-bond donors (Lipinski definition) is 2. The van der Waals surface area contributed by atoms with E-state index < -0.39 is 0 Å². The summed E-state index contributed by atoms with van der Waals surface area (Å²) in [6.07, 6.45) is 1.17. The Balaban J connectivity index is 3.02. The van der Waals surface area contributed by atoms with Crippen LogP contribution in [0.1, 0.15) is 6.42 Å². The van der Waals surface area contributed by atoms with E-state index in [0.29, 0.717) is 0 Å².